The summed E-state index contributed by atoms with van der Waals surface area (Å²) in [4.78, 5) is 7.59. The first-order chi connectivity index (χ1) is 23.4. The third-order valence-electron chi connectivity index (χ3n) is 5.08. The number of aromatic amines is 1. The molecular weight excluding hydrogens is 708 g/mol. The van der Waals surface area contributed by atoms with Crippen molar-refractivity contribution in [3.05, 3.63) is 103 Å². The number of benzene rings is 4. The molecule has 0 spiro atoms. The highest BCUT2D eigenvalue weighted by molar-refractivity contribution is 6.68. The van der Waals surface area contributed by atoms with Crippen molar-refractivity contribution in [2.24, 2.45) is 0 Å². The van der Waals surface area contributed by atoms with Gasteiger partial charge in [0.15, 0.2) is 0 Å². The Labute approximate surface area is 324 Å². The number of halogens is 4. The molecule has 5 aromatic rings. The molecule has 0 radical (unpaired) electrons. The minimum absolute atomic E-state index is 0. The van der Waals surface area contributed by atoms with Gasteiger partial charge in [0.25, 0.3) is 0 Å². The molecule has 0 saturated carbocycles. The van der Waals surface area contributed by atoms with Gasteiger partial charge in [0.1, 0.15) is 11.0 Å². The third-order valence-corrected chi connectivity index (χ3v) is 5.87. The molecule has 0 amide bonds. The van der Waals surface area contributed by atoms with E-state index in [1.807, 2.05) is 142 Å². The number of aromatic nitrogens is 2. The third kappa shape index (κ3) is 24.5. The molecule has 0 aliphatic heterocycles. The second-order valence-corrected chi connectivity index (χ2v) is 8.65. The Kier molecular flexibility index (Phi) is 48.7. The van der Waals surface area contributed by atoms with Crippen LogP contribution in [0.1, 0.15) is 82.5 Å². The first kappa shape index (κ1) is 58.6. The SMILES string of the molecule is C.CC.CC.CC.CC.CC.Cl.ClCc1nc2ccc(-c3ccccc3)cc2[nH]1.N=C(Cl)CCl.N=N.Nc1ccc(-c2ccccc2)cc1N. The predicted molar refractivity (Wildman–Crippen MR) is 232 cm³/mol. The number of imidazole rings is 1. The van der Waals surface area contributed by atoms with Gasteiger partial charge < -0.3 is 16.5 Å². The Morgan fingerprint density at radius 1 is 0.620 bits per heavy atom. The van der Waals surface area contributed by atoms with Crippen LogP contribution in [0.5, 0.6) is 0 Å². The van der Waals surface area contributed by atoms with Crippen LogP contribution in [0.4, 0.5) is 11.4 Å². The highest BCUT2D eigenvalue weighted by Gasteiger charge is 2.04. The summed E-state index contributed by atoms with van der Waals surface area (Å²) in [6.07, 6.45) is 0. The van der Waals surface area contributed by atoms with Crippen molar-refractivity contribution in [3.8, 4) is 22.3 Å². The van der Waals surface area contributed by atoms with Crippen molar-refractivity contribution in [2.45, 2.75) is 82.5 Å². The van der Waals surface area contributed by atoms with E-state index < -0.39 is 0 Å². The molecule has 0 aliphatic rings. The van der Waals surface area contributed by atoms with Gasteiger partial charge >= 0.3 is 0 Å². The maximum Gasteiger partial charge on any atom is 0.122 e. The molecule has 0 bridgehead atoms. The van der Waals surface area contributed by atoms with E-state index in [1.54, 1.807) is 0 Å². The zero-order valence-electron chi connectivity index (χ0n) is 30.8. The minimum Gasteiger partial charge on any atom is -0.397 e. The smallest absolute Gasteiger partial charge is 0.122 e. The van der Waals surface area contributed by atoms with Gasteiger partial charge in [-0.15, -0.1) is 35.6 Å². The molecule has 0 fully saturated rings. The number of nitrogen functional groups attached to an aromatic ring is 2. The van der Waals surface area contributed by atoms with Gasteiger partial charge in [0.05, 0.1) is 34.2 Å². The minimum atomic E-state index is -0.00772. The van der Waals surface area contributed by atoms with E-state index in [1.165, 1.54) is 11.1 Å². The van der Waals surface area contributed by atoms with Gasteiger partial charge in [0.2, 0.25) is 0 Å². The fraction of sp³-hybridized carbons (Fsp3) is 0.333. The summed E-state index contributed by atoms with van der Waals surface area (Å²) in [5.41, 5.74) is 29.3. The zero-order valence-corrected chi connectivity index (χ0v) is 33.9. The number of fused-ring (bicyclic) bond motifs is 1. The fourth-order valence-corrected chi connectivity index (χ4v) is 3.45. The van der Waals surface area contributed by atoms with E-state index in [0.717, 1.165) is 28.0 Å². The summed E-state index contributed by atoms with van der Waals surface area (Å²) in [6.45, 7) is 20.0. The summed E-state index contributed by atoms with van der Waals surface area (Å²) in [5, 5.41) is 6.37. The molecule has 0 atom stereocenters. The largest absolute Gasteiger partial charge is 0.397 e. The van der Waals surface area contributed by atoms with E-state index >= 15 is 0 Å². The lowest BCUT2D eigenvalue weighted by molar-refractivity contribution is 1.05. The summed E-state index contributed by atoms with van der Waals surface area (Å²) >= 11 is 15.7. The molecule has 8 N–H and O–H groups in total. The van der Waals surface area contributed by atoms with E-state index in [2.05, 4.69) is 34.2 Å². The maximum absolute atomic E-state index is 6.38. The van der Waals surface area contributed by atoms with E-state index in [9.17, 15) is 0 Å². The van der Waals surface area contributed by atoms with Crippen LogP contribution in [0, 0.1) is 16.5 Å². The molecule has 0 unspecified atom stereocenters. The van der Waals surface area contributed by atoms with E-state index in [4.69, 9.17) is 62.7 Å². The highest BCUT2D eigenvalue weighted by Crippen LogP contribution is 2.25. The van der Waals surface area contributed by atoms with Crippen molar-refractivity contribution in [1.29, 1.82) is 16.5 Å². The number of H-pyrrole nitrogens is 1. The van der Waals surface area contributed by atoms with E-state index in [0.29, 0.717) is 17.3 Å². The zero-order chi connectivity index (χ0) is 37.9. The summed E-state index contributed by atoms with van der Waals surface area (Å²) in [5.74, 6) is 1.35. The molecule has 1 heterocycles. The predicted octanol–water partition coefficient (Wildman–Crippen LogP) is 14.7. The van der Waals surface area contributed by atoms with Gasteiger partial charge in [-0.1, -0.05) is 161 Å². The first-order valence-corrected chi connectivity index (χ1v) is 17.7. The molecule has 1 aromatic heterocycles. The average Bonchev–Trinajstić information content (AvgIpc) is 3.62. The number of rotatable bonds is 4. The van der Waals surface area contributed by atoms with Gasteiger partial charge in [-0.3, -0.25) is 5.41 Å². The van der Waals surface area contributed by atoms with Crippen molar-refractivity contribution in [2.75, 3.05) is 17.3 Å². The van der Waals surface area contributed by atoms with Crippen LogP contribution < -0.4 is 11.5 Å². The Balaban J connectivity index is -0.000000133. The molecule has 50 heavy (non-hydrogen) atoms. The van der Waals surface area contributed by atoms with Crippen molar-refractivity contribution in [3.63, 3.8) is 0 Å². The number of hydrogen-bond acceptors (Lipinski definition) is 6. The highest BCUT2D eigenvalue weighted by atomic mass is 35.5. The molecule has 4 aromatic carbocycles. The lowest BCUT2D eigenvalue weighted by Crippen LogP contribution is -1.94. The second-order valence-electron chi connectivity index (χ2n) is 7.66. The van der Waals surface area contributed by atoms with Crippen molar-refractivity contribution < 1.29 is 0 Å². The Morgan fingerprint density at radius 3 is 1.36 bits per heavy atom. The maximum atomic E-state index is 6.38. The van der Waals surface area contributed by atoms with Crippen LogP contribution >= 0.6 is 47.2 Å². The van der Waals surface area contributed by atoms with Crippen molar-refractivity contribution in [1.82, 2.24) is 9.97 Å². The number of nitrogens with two attached hydrogens (primary N) is 2. The molecular formula is C39H63Cl4N7. The Hall–Kier alpha value is -3.62. The van der Waals surface area contributed by atoms with E-state index in [-0.39, 0.29) is 30.9 Å². The molecule has 11 heteroatoms. The summed E-state index contributed by atoms with van der Waals surface area (Å²) in [7, 11) is 0. The number of alkyl halides is 2. The molecule has 5 rings (SSSR count). The Morgan fingerprint density at radius 2 is 1.00 bits per heavy atom. The fourth-order valence-electron chi connectivity index (χ4n) is 3.32. The summed E-state index contributed by atoms with van der Waals surface area (Å²) < 4.78 is 0. The number of nitrogens with one attached hydrogen (secondary N) is 4. The number of hydrogen-bond donors (Lipinski definition) is 6. The lowest BCUT2D eigenvalue weighted by atomic mass is 10.0. The average molecular weight is 772 g/mol. The molecule has 7 nitrogen and oxygen atoms in total. The lowest BCUT2D eigenvalue weighted by Gasteiger charge is -2.04. The first-order valence-electron chi connectivity index (χ1n) is 16.3. The van der Waals surface area contributed by atoms with Crippen LogP contribution in [0.15, 0.2) is 97.1 Å². The van der Waals surface area contributed by atoms with Gasteiger partial charge in [-0.25, -0.2) is 16.0 Å². The standard InChI is InChI=1S/C14H11ClN2.C12H12N2.C2H3Cl2N.5C2H6.CH4.ClH.H2N2/c15-9-14-16-12-7-6-11(8-13(12)17-14)10-4-2-1-3-5-10;13-11-7-6-10(8-12(11)14)9-4-2-1-3-5-9;3-1-2(4)5;5*1-2;;;1-2/h1-8H,9H2,(H,16,17);1-8H,13-14H2;5H,1H2;5*1-2H3;1H4;1H;1-2H. The number of anilines is 2. The monoisotopic (exact) mass is 769 g/mol. The van der Waals surface area contributed by atoms with Gasteiger partial charge in [0, 0.05) is 0 Å². The molecule has 0 saturated heterocycles. The van der Waals surface area contributed by atoms with Crippen molar-refractivity contribution >= 4 is 74.8 Å². The van der Waals surface area contributed by atoms with Gasteiger partial charge in [-0.2, -0.15) is 0 Å². The quantitative estimate of drug-likeness (QED) is 0.0467. The summed E-state index contributed by atoms with van der Waals surface area (Å²) in [6, 6.07) is 32.3. The van der Waals surface area contributed by atoms with Crippen LogP contribution in [-0.2, 0) is 5.88 Å². The van der Waals surface area contributed by atoms with Crippen LogP contribution in [0.25, 0.3) is 33.3 Å². The van der Waals surface area contributed by atoms with Crippen LogP contribution in [0.3, 0.4) is 0 Å². The topological polar surface area (TPSA) is 152 Å². The molecule has 282 valence electrons. The van der Waals surface area contributed by atoms with Crippen LogP contribution in [-0.4, -0.2) is 21.0 Å². The molecule has 0 aliphatic carbocycles. The normalized spacial score (nSPS) is 7.94. The van der Waals surface area contributed by atoms with Crippen LogP contribution in [0.2, 0.25) is 0 Å². The second kappa shape index (κ2) is 41.6. The van der Waals surface area contributed by atoms with Gasteiger partial charge in [-0.05, 0) is 46.5 Å². The number of nitrogens with zero attached hydrogens (tertiary/aromatic N) is 1. The Bertz CT molecular complexity index is 1430.